The van der Waals surface area contributed by atoms with Crippen LogP contribution in [-0.2, 0) is 26.2 Å². The minimum Gasteiger partial charge on any atom is -0.478 e. The van der Waals surface area contributed by atoms with Crippen LogP contribution in [0.3, 0.4) is 0 Å². The highest BCUT2D eigenvalue weighted by atomic mass is 79.9. The van der Waals surface area contributed by atoms with Gasteiger partial charge in [0.05, 0.1) is 34.6 Å². The number of hydrogen-bond donors (Lipinski definition) is 2. The number of hydrogen-bond acceptors (Lipinski definition) is 6. The molecule has 0 saturated carbocycles. The Morgan fingerprint density at radius 3 is 1.69 bits per heavy atom. The summed E-state index contributed by atoms with van der Waals surface area (Å²) in [7, 11) is 0. The molecule has 0 spiro atoms. The zero-order chi connectivity index (χ0) is 41.3. The second-order valence-electron chi connectivity index (χ2n) is 16.3. The van der Waals surface area contributed by atoms with E-state index in [0.29, 0.717) is 23.0 Å². The minimum absolute atomic E-state index is 0.344. The predicted molar refractivity (Wildman–Crippen MR) is 238 cm³/mol. The summed E-state index contributed by atoms with van der Waals surface area (Å²) in [6, 6.07) is 16.9. The Kier molecular flexibility index (Phi) is 14.3. The second-order valence-corrected chi connectivity index (χ2v) is 17.1. The van der Waals surface area contributed by atoms with Gasteiger partial charge in [-0.25, -0.2) is 9.59 Å². The molecule has 6 heterocycles. The van der Waals surface area contributed by atoms with Crippen LogP contribution in [0.5, 0.6) is 0 Å². The van der Waals surface area contributed by atoms with Crippen molar-refractivity contribution >= 4 is 49.7 Å². The lowest BCUT2D eigenvalue weighted by Crippen LogP contribution is -2.32. The van der Waals surface area contributed by atoms with Gasteiger partial charge in [0.1, 0.15) is 0 Å². The summed E-state index contributed by atoms with van der Waals surface area (Å²) >= 11 is 3.58. The maximum absolute atomic E-state index is 11.3. The Morgan fingerprint density at radius 1 is 0.678 bits per heavy atom. The number of fused-ring (bicyclic) bond motifs is 2. The average Bonchev–Trinajstić information content (AvgIpc) is 3.82. The summed E-state index contributed by atoms with van der Waals surface area (Å²) in [5, 5.41) is 21.2. The van der Waals surface area contributed by atoms with E-state index in [1.54, 1.807) is 24.3 Å². The Morgan fingerprint density at radius 2 is 1.19 bits per heavy atom. The molecule has 2 aliphatic rings. The van der Waals surface area contributed by atoms with Crippen molar-refractivity contribution in [2.75, 3.05) is 26.2 Å². The Labute approximate surface area is 356 Å². The smallest absolute Gasteiger partial charge is 0.335 e. The van der Waals surface area contributed by atoms with Gasteiger partial charge in [-0.2, -0.15) is 0 Å². The van der Waals surface area contributed by atoms with Crippen LogP contribution in [0.15, 0.2) is 96.3 Å². The van der Waals surface area contributed by atoms with Gasteiger partial charge in [-0.05, 0) is 141 Å². The normalized spacial score (nSPS) is 15.7. The van der Waals surface area contributed by atoms with Crippen LogP contribution in [-0.4, -0.2) is 77.2 Å². The van der Waals surface area contributed by atoms with Crippen molar-refractivity contribution < 1.29 is 19.8 Å². The Hall–Kier alpha value is -4.84. The molecule has 0 unspecified atom stereocenters. The van der Waals surface area contributed by atoms with Gasteiger partial charge in [-0.3, -0.25) is 19.8 Å². The van der Waals surface area contributed by atoms with E-state index in [9.17, 15) is 19.8 Å². The van der Waals surface area contributed by atoms with E-state index in [2.05, 4.69) is 83.2 Å². The molecule has 2 aromatic carbocycles. The number of rotatable bonds is 14. The fourth-order valence-corrected chi connectivity index (χ4v) is 9.32. The average molecular weight is 862 g/mol. The molecular weight excluding hydrogens is 804 g/mol. The second kappa shape index (κ2) is 19.9. The number of unbranched alkanes of at least 4 members (excludes halogenated alkanes) is 2. The predicted octanol–water partition coefficient (Wildman–Crippen LogP) is 10.6. The van der Waals surface area contributed by atoms with E-state index < -0.39 is 11.9 Å². The highest BCUT2D eigenvalue weighted by Gasteiger charge is 2.26. The highest BCUT2D eigenvalue weighted by molar-refractivity contribution is 9.10. The molecule has 310 valence electrons. The molecule has 0 atom stereocenters. The number of carbonyl (C=O) groups is 2. The number of aromatic nitrogens is 4. The molecule has 2 N–H and O–H groups in total. The molecule has 59 heavy (non-hydrogen) atoms. The van der Waals surface area contributed by atoms with Crippen LogP contribution >= 0.6 is 15.9 Å². The lowest BCUT2D eigenvalue weighted by molar-refractivity contribution is 0.0686. The van der Waals surface area contributed by atoms with E-state index in [-0.39, 0.29) is 0 Å². The molecule has 0 bridgehead atoms. The standard InChI is InChI=1S/C24H28BrN3O2.C24H29N3O2/c1-2-3-10-28-16-21(20-6-9-26-14-23(20)28)17-7-11-27(12-8-17)15-19-13-18(24(29)30)4-5-22(19)25;1-2-3-11-27-17-22(21-7-10-25-15-23(21)27)19-8-12-26(13-9-19)16-18-5-4-6-20(14-18)24(28)29/h4-6,9,13-14,16-17H,2-3,7-8,10-12,15H2,1H3,(H,29,30);4-7,10,14-15,17,19H,2-3,8-9,11-13,16H2,1H3,(H,28,29). The summed E-state index contributed by atoms with van der Waals surface area (Å²) < 4.78 is 5.73. The molecule has 0 amide bonds. The quantitative estimate of drug-likeness (QED) is 0.111. The maximum atomic E-state index is 11.3. The largest absolute Gasteiger partial charge is 0.478 e. The van der Waals surface area contributed by atoms with Crippen LogP contribution in [0.2, 0.25) is 0 Å². The molecule has 6 aromatic rings. The summed E-state index contributed by atoms with van der Waals surface area (Å²) in [6.07, 6.45) is 21.8. The van der Waals surface area contributed by atoms with Crippen molar-refractivity contribution in [2.45, 2.75) is 103 Å². The molecule has 2 fully saturated rings. The molecule has 10 nitrogen and oxygen atoms in total. The molecule has 8 rings (SSSR count). The number of aromatic carboxylic acids is 2. The van der Waals surface area contributed by atoms with E-state index >= 15 is 0 Å². The summed E-state index contributed by atoms with van der Waals surface area (Å²) in [4.78, 5) is 36.1. The fraction of sp³-hybridized carbons (Fsp3) is 0.417. The van der Waals surface area contributed by atoms with Crippen LogP contribution in [0.25, 0.3) is 21.8 Å². The van der Waals surface area contributed by atoms with Crippen molar-refractivity contribution in [1.82, 2.24) is 28.9 Å². The third-order valence-corrected chi connectivity index (χ3v) is 13.0. The number of pyridine rings is 2. The topological polar surface area (TPSA) is 117 Å². The number of piperidine rings is 2. The van der Waals surface area contributed by atoms with Crippen molar-refractivity contribution in [3.8, 4) is 0 Å². The van der Waals surface area contributed by atoms with Crippen molar-refractivity contribution in [2.24, 2.45) is 0 Å². The van der Waals surface area contributed by atoms with Gasteiger partial charge in [0.2, 0.25) is 0 Å². The first-order chi connectivity index (χ1) is 28.7. The zero-order valence-electron chi connectivity index (χ0n) is 34.4. The first-order valence-electron chi connectivity index (χ1n) is 21.4. The van der Waals surface area contributed by atoms with Gasteiger partial charge < -0.3 is 19.3 Å². The Bertz CT molecular complexity index is 2350. The van der Waals surface area contributed by atoms with Gasteiger partial charge in [0.15, 0.2) is 0 Å². The number of carboxylic acids is 2. The van der Waals surface area contributed by atoms with Crippen LogP contribution < -0.4 is 0 Å². The van der Waals surface area contributed by atoms with Gasteiger partial charge >= 0.3 is 11.9 Å². The number of carboxylic acid groups (broad SMARTS) is 2. The lowest BCUT2D eigenvalue weighted by Gasteiger charge is -2.32. The van der Waals surface area contributed by atoms with Gasteiger partial charge in [-0.1, -0.05) is 54.8 Å². The Balaban J connectivity index is 0.000000179. The number of halogens is 1. The summed E-state index contributed by atoms with van der Waals surface area (Å²) in [6.45, 7) is 12.2. The third-order valence-electron chi connectivity index (χ3n) is 12.3. The van der Waals surface area contributed by atoms with E-state index in [1.807, 2.05) is 43.0 Å². The van der Waals surface area contributed by atoms with Crippen molar-refractivity contribution in [3.63, 3.8) is 0 Å². The summed E-state index contributed by atoms with van der Waals surface area (Å²) in [5.41, 5.74) is 8.24. The third kappa shape index (κ3) is 10.3. The molecule has 2 aliphatic heterocycles. The first kappa shape index (κ1) is 42.3. The van der Waals surface area contributed by atoms with Gasteiger partial charge in [0.25, 0.3) is 0 Å². The molecule has 0 aliphatic carbocycles. The monoisotopic (exact) mass is 860 g/mol. The molecular formula is C48H57BrN6O4. The van der Waals surface area contributed by atoms with E-state index in [1.165, 1.54) is 58.6 Å². The number of likely N-dealkylation sites (tertiary alicyclic amines) is 2. The molecule has 11 heteroatoms. The minimum atomic E-state index is -0.878. The van der Waals surface area contributed by atoms with Crippen LogP contribution in [0, 0.1) is 0 Å². The fourth-order valence-electron chi connectivity index (χ4n) is 8.94. The molecule has 0 radical (unpaired) electrons. The number of benzene rings is 2. The maximum Gasteiger partial charge on any atom is 0.335 e. The molecule has 4 aromatic heterocycles. The van der Waals surface area contributed by atoms with Crippen molar-refractivity contribution in [3.05, 3.63) is 130 Å². The first-order valence-corrected chi connectivity index (χ1v) is 22.2. The number of aryl methyl sites for hydroxylation is 2. The lowest BCUT2D eigenvalue weighted by atomic mass is 9.89. The summed E-state index contributed by atoms with van der Waals surface area (Å²) in [5.74, 6) is -0.608. The SMILES string of the molecule is CCCCn1cc(C2CCN(Cc3cc(C(=O)O)ccc3Br)CC2)c2ccncc21.CCCCn1cc(C2CCN(Cc3cccc(C(=O)O)c3)CC2)c2ccncc21. The van der Waals surface area contributed by atoms with Crippen LogP contribution in [0.4, 0.5) is 0 Å². The molecule has 2 saturated heterocycles. The van der Waals surface area contributed by atoms with Gasteiger partial charge in [-0.15, -0.1) is 0 Å². The van der Waals surface area contributed by atoms with E-state index in [0.717, 1.165) is 93.6 Å². The van der Waals surface area contributed by atoms with Crippen molar-refractivity contribution in [1.29, 1.82) is 0 Å². The zero-order valence-corrected chi connectivity index (χ0v) is 36.0. The van der Waals surface area contributed by atoms with Gasteiger partial charge in [0, 0.05) is 66.2 Å². The van der Waals surface area contributed by atoms with E-state index in [4.69, 9.17) is 0 Å². The number of nitrogens with zero attached hydrogens (tertiary/aromatic N) is 6. The highest BCUT2D eigenvalue weighted by Crippen LogP contribution is 2.36. The van der Waals surface area contributed by atoms with Crippen LogP contribution in [0.1, 0.15) is 120 Å².